The molecule has 0 amide bonds. The zero-order chi connectivity index (χ0) is 13.2. The maximum Gasteiger partial charge on any atom is 0.165 e. The van der Waals surface area contributed by atoms with Gasteiger partial charge in [-0.1, -0.05) is 19.4 Å². The molecule has 0 bridgehead atoms. The van der Waals surface area contributed by atoms with E-state index in [1.165, 1.54) is 13.2 Å². The van der Waals surface area contributed by atoms with Crippen LogP contribution >= 0.6 is 0 Å². The minimum absolute atomic E-state index is 0.0280. The number of nitrogens with two attached hydrogens (primary N) is 1. The fraction of sp³-hybridized carbons (Fsp3) is 0.571. The van der Waals surface area contributed by atoms with Crippen molar-refractivity contribution in [3.63, 3.8) is 0 Å². The van der Waals surface area contributed by atoms with E-state index in [0.29, 0.717) is 5.75 Å². The molecule has 0 spiro atoms. The summed E-state index contributed by atoms with van der Waals surface area (Å²) >= 11 is 0. The summed E-state index contributed by atoms with van der Waals surface area (Å²) in [4.78, 5) is 2.25. The van der Waals surface area contributed by atoms with Crippen molar-refractivity contribution < 1.29 is 9.13 Å². The minimum atomic E-state index is -0.303. The van der Waals surface area contributed by atoms with E-state index in [1.807, 2.05) is 6.07 Å². The lowest BCUT2D eigenvalue weighted by Gasteiger charge is -2.48. The van der Waals surface area contributed by atoms with E-state index >= 15 is 0 Å². The molecule has 0 atom stereocenters. The van der Waals surface area contributed by atoms with Gasteiger partial charge in [-0.05, 0) is 24.1 Å². The Labute approximate surface area is 108 Å². The molecule has 1 fully saturated rings. The molecular formula is C14H21FN2O. The average molecular weight is 252 g/mol. The van der Waals surface area contributed by atoms with Crippen LogP contribution in [0, 0.1) is 5.82 Å². The van der Waals surface area contributed by atoms with Crippen LogP contribution in [0.2, 0.25) is 0 Å². The molecule has 0 aromatic heterocycles. The van der Waals surface area contributed by atoms with Gasteiger partial charge in [-0.15, -0.1) is 0 Å². The highest BCUT2D eigenvalue weighted by Gasteiger charge is 2.38. The normalized spacial score (nSPS) is 18.4. The lowest BCUT2D eigenvalue weighted by Crippen LogP contribution is -2.66. The van der Waals surface area contributed by atoms with Gasteiger partial charge in [0.15, 0.2) is 11.6 Å². The Hall–Kier alpha value is -1.13. The Kier molecular flexibility index (Phi) is 3.88. The second-order valence-electron chi connectivity index (χ2n) is 5.23. The van der Waals surface area contributed by atoms with Crippen LogP contribution in [0.1, 0.15) is 25.3 Å². The van der Waals surface area contributed by atoms with Gasteiger partial charge in [0.2, 0.25) is 0 Å². The highest BCUT2D eigenvalue weighted by atomic mass is 19.1. The molecule has 0 saturated carbocycles. The molecule has 2 rings (SSSR count). The smallest absolute Gasteiger partial charge is 0.165 e. The first-order chi connectivity index (χ1) is 8.56. The highest BCUT2D eigenvalue weighted by Crippen LogP contribution is 2.26. The third-order valence-electron chi connectivity index (χ3n) is 3.45. The number of ether oxygens (including phenoxy) is 1. The number of rotatable bonds is 5. The largest absolute Gasteiger partial charge is 0.494 e. The summed E-state index contributed by atoms with van der Waals surface area (Å²) in [6.07, 6.45) is 2.17. The number of nitrogens with zero attached hydrogens (tertiary/aromatic N) is 1. The average Bonchev–Trinajstić information content (AvgIpc) is 2.27. The van der Waals surface area contributed by atoms with Crippen molar-refractivity contribution in [3.05, 3.63) is 29.6 Å². The van der Waals surface area contributed by atoms with Gasteiger partial charge < -0.3 is 10.5 Å². The highest BCUT2D eigenvalue weighted by molar-refractivity contribution is 5.29. The zero-order valence-electron chi connectivity index (χ0n) is 11.1. The van der Waals surface area contributed by atoms with Crippen LogP contribution in [-0.4, -0.2) is 30.6 Å². The van der Waals surface area contributed by atoms with Crippen molar-refractivity contribution in [2.75, 3.05) is 20.2 Å². The number of hydrogen-bond acceptors (Lipinski definition) is 3. The van der Waals surface area contributed by atoms with Gasteiger partial charge in [-0.25, -0.2) is 4.39 Å². The lowest BCUT2D eigenvalue weighted by atomic mass is 9.86. The Balaban J connectivity index is 1.90. The van der Waals surface area contributed by atoms with Crippen molar-refractivity contribution in [2.24, 2.45) is 5.73 Å². The molecule has 0 radical (unpaired) electrons. The van der Waals surface area contributed by atoms with Crippen molar-refractivity contribution in [3.8, 4) is 5.75 Å². The summed E-state index contributed by atoms with van der Waals surface area (Å²) in [7, 11) is 1.47. The fourth-order valence-electron chi connectivity index (χ4n) is 2.68. The fourth-order valence-corrected chi connectivity index (χ4v) is 2.68. The van der Waals surface area contributed by atoms with Gasteiger partial charge in [-0.3, -0.25) is 4.90 Å². The van der Waals surface area contributed by atoms with Crippen LogP contribution in [0.5, 0.6) is 5.75 Å². The van der Waals surface area contributed by atoms with E-state index in [1.54, 1.807) is 6.07 Å². The molecule has 4 heteroatoms. The van der Waals surface area contributed by atoms with E-state index in [2.05, 4.69) is 11.8 Å². The second-order valence-corrected chi connectivity index (χ2v) is 5.23. The third kappa shape index (κ3) is 2.82. The van der Waals surface area contributed by atoms with Crippen molar-refractivity contribution in [1.82, 2.24) is 4.90 Å². The first-order valence-electron chi connectivity index (χ1n) is 6.40. The first-order valence-corrected chi connectivity index (χ1v) is 6.40. The molecule has 1 aliphatic rings. The maximum atomic E-state index is 13.5. The van der Waals surface area contributed by atoms with Gasteiger partial charge in [0.05, 0.1) is 7.11 Å². The molecule has 0 unspecified atom stereocenters. The molecule has 1 saturated heterocycles. The van der Waals surface area contributed by atoms with Crippen molar-refractivity contribution >= 4 is 0 Å². The van der Waals surface area contributed by atoms with Gasteiger partial charge >= 0.3 is 0 Å². The van der Waals surface area contributed by atoms with Crippen LogP contribution in [0.4, 0.5) is 4.39 Å². The number of likely N-dealkylation sites (tertiary alicyclic amines) is 1. The van der Waals surface area contributed by atoms with E-state index in [9.17, 15) is 4.39 Å². The van der Waals surface area contributed by atoms with Crippen LogP contribution in [-0.2, 0) is 6.54 Å². The molecule has 3 nitrogen and oxygen atoms in total. The summed E-state index contributed by atoms with van der Waals surface area (Å²) in [6, 6.07) is 5.11. The number of halogens is 1. The Bertz CT molecular complexity index is 416. The molecule has 1 aromatic carbocycles. The molecule has 1 aliphatic heterocycles. The Morgan fingerprint density at radius 2 is 2.17 bits per heavy atom. The van der Waals surface area contributed by atoms with Crippen molar-refractivity contribution in [1.29, 1.82) is 0 Å². The quantitative estimate of drug-likeness (QED) is 0.872. The van der Waals surface area contributed by atoms with Crippen LogP contribution in [0.25, 0.3) is 0 Å². The third-order valence-corrected chi connectivity index (χ3v) is 3.45. The first kappa shape index (κ1) is 13.3. The lowest BCUT2D eigenvalue weighted by molar-refractivity contribution is 0.0566. The number of benzene rings is 1. The molecule has 0 aliphatic carbocycles. The predicted octanol–water partition coefficient (Wildman–Crippen LogP) is 2.15. The number of hydrogen-bond donors (Lipinski definition) is 1. The Morgan fingerprint density at radius 1 is 1.44 bits per heavy atom. The standard InChI is InChI=1S/C14H21FN2O/c1-3-6-14(16)9-17(10-14)8-11-4-5-13(18-2)12(15)7-11/h4-5,7H,3,6,8-10,16H2,1-2H3. The van der Waals surface area contributed by atoms with E-state index in [0.717, 1.165) is 38.0 Å². The summed E-state index contributed by atoms with van der Waals surface area (Å²) < 4.78 is 18.4. The topological polar surface area (TPSA) is 38.5 Å². The molecule has 2 N–H and O–H groups in total. The van der Waals surface area contributed by atoms with Gasteiger partial charge in [-0.2, -0.15) is 0 Å². The monoisotopic (exact) mass is 252 g/mol. The van der Waals surface area contributed by atoms with Crippen LogP contribution in [0.3, 0.4) is 0 Å². The summed E-state index contributed by atoms with van der Waals surface area (Å²) in [6.45, 7) is 4.70. The van der Waals surface area contributed by atoms with E-state index in [-0.39, 0.29) is 11.4 Å². The van der Waals surface area contributed by atoms with Crippen LogP contribution in [0.15, 0.2) is 18.2 Å². The molecule has 18 heavy (non-hydrogen) atoms. The van der Waals surface area contributed by atoms with Gasteiger partial charge in [0.1, 0.15) is 0 Å². The van der Waals surface area contributed by atoms with Gasteiger partial charge in [0.25, 0.3) is 0 Å². The second kappa shape index (κ2) is 5.24. The molecule has 100 valence electrons. The van der Waals surface area contributed by atoms with Crippen molar-refractivity contribution in [2.45, 2.75) is 31.8 Å². The molecular weight excluding hydrogens is 231 g/mol. The maximum absolute atomic E-state index is 13.5. The minimum Gasteiger partial charge on any atom is -0.494 e. The van der Waals surface area contributed by atoms with E-state index in [4.69, 9.17) is 10.5 Å². The van der Waals surface area contributed by atoms with Gasteiger partial charge in [0, 0.05) is 25.2 Å². The number of methoxy groups -OCH3 is 1. The summed E-state index contributed by atoms with van der Waals surface area (Å²) in [5, 5.41) is 0. The SMILES string of the molecule is CCCC1(N)CN(Cc2ccc(OC)c(F)c2)C1. The molecule has 1 aromatic rings. The summed E-state index contributed by atoms with van der Waals surface area (Å²) in [5.41, 5.74) is 7.13. The Morgan fingerprint density at radius 3 is 2.72 bits per heavy atom. The summed E-state index contributed by atoms with van der Waals surface area (Å²) in [5.74, 6) is -0.00962. The van der Waals surface area contributed by atoms with E-state index < -0.39 is 0 Å². The van der Waals surface area contributed by atoms with Crippen LogP contribution < -0.4 is 10.5 Å². The predicted molar refractivity (Wildman–Crippen MR) is 70.1 cm³/mol. The molecule has 1 heterocycles. The zero-order valence-corrected chi connectivity index (χ0v) is 11.1.